The highest BCUT2D eigenvalue weighted by molar-refractivity contribution is 6.17. The van der Waals surface area contributed by atoms with E-state index in [2.05, 4.69) is 5.43 Å². The smallest absolute Gasteiger partial charge is 0.267 e. The second kappa shape index (κ2) is 7.49. The van der Waals surface area contributed by atoms with Crippen molar-refractivity contribution in [3.05, 3.63) is 71.3 Å². The van der Waals surface area contributed by atoms with Gasteiger partial charge >= 0.3 is 0 Å². The summed E-state index contributed by atoms with van der Waals surface area (Å²) in [5.41, 5.74) is 3.84. The highest BCUT2D eigenvalue weighted by atomic mass is 35.5. The van der Waals surface area contributed by atoms with Crippen LogP contribution in [0.3, 0.4) is 0 Å². The molecule has 0 fully saturated rings. The van der Waals surface area contributed by atoms with Gasteiger partial charge in [0.25, 0.3) is 11.8 Å². The van der Waals surface area contributed by atoms with Crippen LogP contribution in [0.15, 0.2) is 54.6 Å². The first-order valence-electron chi connectivity index (χ1n) is 7.69. The number of hydrogen-bond acceptors (Lipinski definition) is 2. The van der Waals surface area contributed by atoms with Crippen molar-refractivity contribution in [2.24, 2.45) is 0 Å². The Bertz CT molecular complexity index is 724. The number of carbonyl (C=O) groups is 2. The van der Waals surface area contributed by atoms with Gasteiger partial charge in [-0.05, 0) is 44.5 Å². The Hall–Kier alpha value is -2.33. The van der Waals surface area contributed by atoms with Crippen LogP contribution in [0, 0.1) is 0 Å². The molecule has 0 aliphatic carbocycles. The number of hydrogen-bond donors (Lipinski definition) is 1. The summed E-state index contributed by atoms with van der Waals surface area (Å²) in [7, 11) is 0. The Morgan fingerprint density at radius 2 is 1.58 bits per heavy atom. The van der Waals surface area contributed by atoms with E-state index in [0.717, 1.165) is 5.56 Å². The number of rotatable bonds is 3. The molecule has 0 aromatic heterocycles. The van der Waals surface area contributed by atoms with Gasteiger partial charge in [0.1, 0.15) is 0 Å². The zero-order chi connectivity index (χ0) is 17.7. The summed E-state index contributed by atoms with van der Waals surface area (Å²) in [6, 6.07) is 15.9. The molecule has 0 saturated carbocycles. The van der Waals surface area contributed by atoms with E-state index in [9.17, 15) is 9.59 Å². The molecule has 5 heteroatoms. The lowest BCUT2D eigenvalue weighted by Crippen LogP contribution is -2.56. The first kappa shape index (κ1) is 18.0. The van der Waals surface area contributed by atoms with Gasteiger partial charge in [0.05, 0.1) is 5.54 Å². The molecule has 0 atom stereocenters. The Morgan fingerprint density at radius 1 is 1.00 bits per heavy atom. The van der Waals surface area contributed by atoms with Crippen LogP contribution in [0.1, 0.15) is 47.1 Å². The number of carbonyl (C=O) groups excluding carboxylic acids is 2. The summed E-state index contributed by atoms with van der Waals surface area (Å²) in [6.45, 7) is 5.59. The van der Waals surface area contributed by atoms with Crippen LogP contribution < -0.4 is 5.43 Å². The number of halogens is 1. The zero-order valence-corrected chi connectivity index (χ0v) is 14.8. The topological polar surface area (TPSA) is 49.4 Å². The molecule has 0 unspecified atom stereocenters. The van der Waals surface area contributed by atoms with Crippen molar-refractivity contribution in [3.8, 4) is 0 Å². The fourth-order valence-corrected chi connectivity index (χ4v) is 2.49. The van der Waals surface area contributed by atoms with Gasteiger partial charge in [-0.1, -0.05) is 36.4 Å². The first-order valence-corrected chi connectivity index (χ1v) is 8.22. The van der Waals surface area contributed by atoms with Crippen LogP contribution >= 0.6 is 11.6 Å². The number of hydrazine groups is 1. The molecule has 126 valence electrons. The largest absolute Gasteiger partial charge is 0.272 e. The minimum Gasteiger partial charge on any atom is -0.267 e. The average Bonchev–Trinajstić information content (AvgIpc) is 2.58. The van der Waals surface area contributed by atoms with E-state index in [0.29, 0.717) is 11.1 Å². The van der Waals surface area contributed by atoms with Crippen molar-refractivity contribution in [3.63, 3.8) is 0 Å². The third-order valence-corrected chi connectivity index (χ3v) is 3.80. The van der Waals surface area contributed by atoms with E-state index in [-0.39, 0.29) is 17.7 Å². The molecule has 2 aromatic rings. The van der Waals surface area contributed by atoms with E-state index in [1.807, 2.05) is 32.9 Å². The predicted molar refractivity (Wildman–Crippen MR) is 95.8 cm³/mol. The van der Waals surface area contributed by atoms with Gasteiger partial charge in [-0.2, -0.15) is 0 Å². The minimum atomic E-state index is -0.585. The van der Waals surface area contributed by atoms with Crippen molar-refractivity contribution in [1.29, 1.82) is 0 Å². The summed E-state index contributed by atoms with van der Waals surface area (Å²) in [4.78, 5) is 25.5. The molecule has 0 heterocycles. The molecule has 4 nitrogen and oxygen atoms in total. The lowest BCUT2D eigenvalue weighted by molar-refractivity contribution is 0.0358. The molecular weight excluding hydrogens is 324 g/mol. The average molecular weight is 345 g/mol. The number of amides is 2. The maximum atomic E-state index is 12.8. The molecule has 0 bridgehead atoms. The van der Waals surface area contributed by atoms with Crippen molar-refractivity contribution >= 4 is 23.4 Å². The zero-order valence-electron chi connectivity index (χ0n) is 14.0. The Morgan fingerprint density at radius 3 is 2.17 bits per heavy atom. The Labute approximate surface area is 147 Å². The summed E-state index contributed by atoms with van der Waals surface area (Å²) in [5, 5.41) is 1.36. The molecule has 0 saturated heterocycles. The van der Waals surface area contributed by atoms with Crippen molar-refractivity contribution in [2.45, 2.75) is 32.2 Å². The van der Waals surface area contributed by atoms with Gasteiger partial charge in [-0.3, -0.25) is 15.0 Å². The molecule has 0 aliphatic heterocycles. The Kier molecular flexibility index (Phi) is 5.62. The molecule has 2 rings (SSSR count). The van der Waals surface area contributed by atoms with Crippen LogP contribution in [0.4, 0.5) is 0 Å². The summed E-state index contributed by atoms with van der Waals surface area (Å²) in [6.07, 6.45) is 0. The number of nitrogens with zero attached hydrogens (tertiary/aromatic N) is 1. The monoisotopic (exact) mass is 344 g/mol. The van der Waals surface area contributed by atoms with E-state index < -0.39 is 5.54 Å². The van der Waals surface area contributed by atoms with Gasteiger partial charge in [-0.25, -0.2) is 5.01 Å². The minimum absolute atomic E-state index is 0.228. The molecule has 2 amide bonds. The maximum Gasteiger partial charge on any atom is 0.272 e. The standard InChI is InChI=1S/C19H21ClN2O2/c1-19(2,3)22(18(24)14-9-5-4-6-10-14)21-17(23)16-12-8-7-11-15(16)13-20/h4-12H,13H2,1-3H3,(H,21,23). The van der Waals surface area contributed by atoms with E-state index >= 15 is 0 Å². The summed E-state index contributed by atoms with van der Waals surface area (Å²) < 4.78 is 0. The van der Waals surface area contributed by atoms with Gasteiger partial charge in [0, 0.05) is 17.0 Å². The lowest BCUT2D eigenvalue weighted by Gasteiger charge is -2.35. The number of nitrogens with one attached hydrogen (secondary N) is 1. The van der Waals surface area contributed by atoms with E-state index in [4.69, 9.17) is 11.6 Å². The molecule has 1 N–H and O–H groups in total. The molecule has 0 aliphatic rings. The van der Waals surface area contributed by atoms with E-state index in [1.54, 1.807) is 42.5 Å². The quantitative estimate of drug-likeness (QED) is 0.675. The maximum absolute atomic E-state index is 12.8. The predicted octanol–water partition coefficient (Wildman–Crippen LogP) is 4.01. The summed E-state index contributed by atoms with van der Waals surface area (Å²) in [5.74, 6) is -0.392. The third-order valence-electron chi connectivity index (χ3n) is 3.51. The lowest BCUT2D eigenvalue weighted by atomic mass is 10.1. The molecular formula is C19H21ClN2O2. The fourth-order valence-electron chi connectivity index (χ4n) is 2.25. The highest BCUT2D eigenvalue weighted by Crippen LogP contribution is 2.17. The Balaban J connectivity index is 2.30. The van der Waals surface area contributed by atoms with Crippen LogP contribution in [0.25, 0.3) is 0 Å². The number of benzene rings is 2. The molecule has 2 aromatic carbocycles. The van der Waals surface area contributed by atoms with Crippen molar-refractivity contribution in [1.82, 2.24) is 10.4 Å². The van der Waals surface area contributed by atoms with Crippen LogP contribution in [0.5, 0.6) is 0 Å². The van der Waals surface area contributed by atoms with Crippen molar-refractivity contribution in [2.75, 3.05) is 0 Å². The SMILES string of the molecule is CC(C)(C)N(NC(=O)c1ccccc1CCl)C(=O)c1ccccc1. The van der Waals surface area contributed by atoms with Gasteiger partial charge in [0.2, 0.25) is 0 Å². The highest BCUT2D eigenvalue weighted by Gasteiger charge is 2.29. The van der Waals surface area contributed by atoms with Crippen LogP contribution in [-0.2, 0) is 5.88 Å². The number of alkyl halides is 1. The van der Waals surface area contributed by atoms with Gasteiger partial charge in [-0.15, -0.1) is 11.6 Å². The van der Waals surface area contributed by atoms with Gasteiger partial charge < -0.3 is 0 Å². The third kappa shape index (κ3) is 4.15. The second-order valence-electron chi connectivity index (χ2n) is 6.41. The van der Waals surface area contributed by atoms with Crippen LogP contribution in [-0.4, -0.2) is 22.4 Å². The first-order chi connectivity index (χ1) is 11.3. The fraction of sp³-hybridized carbons (Fsp3) is 0.263. The van der Waals surface area contributed by atoms with Gasteiger partial charge in [0.15, 0.2) is 0 Å². The molecule has 0 spiro atoms. The second-order valence-corrected chi connectivity index (χ2v) is 6.68. The van der Waals surface area contributed by atoms with Crippen LogP contribution in [0.2, 0.25) is 0 Å². The van der Waals surface area contributed by atoms with E-state index in [1.165, 1.54) is 5.01 Å². The molecule has 24 heavy (non-hydrogen) atoms. The summed E-state index contributed by atoms with van der Waals surface area (Å²) >= 11 is 5.90. The molecule has 0 radical (unpaired) electrons. The normalized spacial score (nSPS) is 11.0. The van der Waals surface area contributed by atoms with Crippen molar-refractivity contribution < 1.29 is 9.59 Å².